The van der Waals surface area contributed by atoms with Crippen LogP contribution >= 0.6 is 0 Å². The van der Waals surface area contributed by atoms with Gasteiger partial charge in [0, 0.05) is 20.0 Å². The molecule has 72 valence electrons. The molecule has 0 aliphatic heterocycles. The molecule has 1 heterocycles. The second-order valence-corrected chi connectivity index (χ2v) is 2.24. The van der Waals surface area contributed by atoms with Crippen LogP contribution in [0.5, 0.6) is 0 Å². The minimum Gasteiger partial charge on any atom is -0.355 e. The summed E-state index contributed by atoms with van der Waals surface area (Å²) in [7, 11) is 1.64. The van der Waals surface area contributed by atoms with Crippen LogP contribution in [0.25, 0.3) is 0 Å². The second-order valence-electron chi connectivity index (χ2n) is 2.24. The molecule has 0 aromatic carbocycles. The van der Waals surface area contributed by atoms with Crippen LogP contribution in [-0.2, 0) is 6.42 Å². The van der Waals surface area contributed by atoms with Crippen molar-refractivity contribution in [2.75, 3.05) is 13.6 Å². The first-order chi connectivity index (χ1) is 6.36. The Kier molecular flexibility index (Phi) is 3.71. The number of aliphatic imine (C=N–C) groups is 1. The first-order valence-electron chi connectivity index (χ1n) is 3.79. The zero-order valence-electron chi connectivity index (χ0n) is 7.32. The average Bonchev–Trinajstić information content (AvgIpc) is 2.65. The van der Waals surface area contributed by atoms with Crippen molar-refractivity contribution in [2.24, 2.45) is 10.8 Å². The molecule has 7 nitrogen and oxygen atoms in total. The lowest BCUT2D eigenvalue weighted by molar-refractivity contribution is 0.410. The van der Waals surface area contributed by atoms with Crippen LogP contribution in [0.15, 0.2) is 15.9 Å². The molecule has 0 aliphatic carbocycles. The van der Waals surface area contributed by atoms with Crippen molar-refractivity contribution in [2.45, 2.75) is 6.42 Å². The van der Waals surface area contributed by atoms with E-state index in [0.717, 1.165) is 0 Å². The molecular formula is C6H12N6O. The van der Waals surface area contributed by atoms with E-state index in [1.165, 1.54) is 6.39 Å². The third-order valence-electron chi connectivity index (χ3n) is 1.41. The van der Waals surface area contributed by atoms with E-state index in [-0.39, 0.29) is 0 Å². The van der Waals surface area contributed by atoms with Crippen LogP contribution in [0, 0.1) is 0 Å². The highest BCUT2D eigenvalue weighted by Gasteiger charge is 1.98. The van der Waals surface area contributed by atoms with Crippen LogP contribution in [0.1, 0.15) is 5.82 Å². The summed E-state index contributed by atoms with van der Waals surface area (Å²) in [5.74, 6) is 6.33. The summed E-state index contributed by atoms with van der Waals surface area (Å²) in [4.78, 5) is 7.69. The van der Waals surface area contributed by atoms with Crippen molar-refractivity contribution in [3.05, 3.63) is 12.2 Å². The maximum Gasteiger partial charge on any atom is 0.213 e. The fraction of sp³-hybridized carbons (Fsp3) is 0.500. The summed E-state index contributed by atoms with van der Waals surface area (Å²) < 4.78 is 4.57. The minimum absolute atomic E-state index is 0.531. The molecular weight excluding hydrogens is 172 g/mol. The number of hydrogen-bond acceptors (Lipinski definition) is 5. The number of hydrogen-bond donors (Lipinski definition) is 3. The zero-order chi connectivity index (χ0) is 9.52. The van der Waals surface area contributed by atoms with Gasteiger partial charge in [0.15, 0.2) is 5.82 Å². The van der Waals surface area contributed by atoms with E-state index in [2.05, 4.69) is 30.4 Å². The van der Waals surface area contributed by atoms with Gasteiger partial charge in [-0.05, 0) is 0 Å². The molecule has 0 unspecified atom stereocenters. The Labute approximate surface area is 75.4 Å². The third kappa shape index (κ3) is 3.08. The minimum atomic E-state index is 0.531. The van der Waals surface area contributed by atoms with E-state index < -0.39 is 0 Å². The van der Waals surface area contributed by atoms with E-state index in [1.807, 2.05) is 0 Å². The molecule has 1 aromatic rings. The van der Waals surface area contributed by atoms with Gasteiger partial charge in [0.05, 0.1) is 0 Å². The first-order valence-corrected chi connectivity index (χ1v) is 3.79. The summed E-state index contributed by atoms with van der Waals surface area (Å²) in [6.07, 6.45) is 1.96. The Hall–Kier alpha value is -1.63. The van der Waals surface area contributed by atoms with Gasteiger partial charge in [-0.15, -0.1) is 0 Å². The largest absolute Gasteiger partial charge is 0.355 e. The van der Waals surface area contributed by atoms with Crippen molar-refractivity contribution in [1.29, 1.82) is 0 Å². The maximum absolute atomic E-state index is 5.15. The molecule has 0 radical (unpaired) electrons. The molecule has 0 amide bonds. The molecule has 0 saturated heterocycles. The van der Waals surface area contributed by atoms with Gasteiger partial charge in [-0.3, -0.25) is 10.4 Å². The summed E-state index contributed by atoms with van der Waals surface area (Å²) in [5, 5.41) is 6.60. The van der Waals surface area contributed by atoms with Crippen molar-refractivity contribution in [3.63, 3.8) is 0 Å². The molecule has 13 heavy (non-hydrogen) atoms. The lowest BCUT2D eigenvalue weighted by atomic mass is 10.4. The Morgan fingerprint density at radius 1 is 1.77 bits per heavy atom. The highest BCUT2D eigenvalue weighted by atomic mass is 16.5. The van der Waals surface area contributed by atoms with Gasteiger partial charge in [-0.2, -0.15) is 4.98 Å². The molecule has 0 spiro atoms. The van der Waals surface area contributed by atoms with Gasteiger partial charge in [0.2, 0.25) is 12.4 Å². The number of nitrogens with two attached hydrogens (primary N) is 1. The zero-order valence-corrected chi connectivity index (χ0v) is 7.32. The Morgan fingerprint density at radius 2 is 2.62 bits per heavy atom. The lowest BCUT2D eigenvalue weighted by Crippen LogP contribution is -2.42. The molecule has 7 heteroatoms. The number of aromatic nitrogens is 2. The molecule has 0 atom stereocenters. The quantitative estimate of drug-likeness (QED) is 0.232. The van der Waals surface area contributed by atoms with E-state index in [1.54, 1.807) is 7.05 Å². The normalized spacial score (nSPS) is 11.4. The fourth-order valence-corrected chi connectivity index (χ4v) is 0.790. The average molecular weight is 184 g/mol. The molecule has 1 rings (SSSR count). The summed E-state index contributed by atoms with van der Waals surface area (Å²) >= 11 is 0. The van der Waals surface area contributed by atoms with Crippen LogP contribution in [0.4, 0.5) is 0 Å². The van der Waals surface area contributed by atoms with Gasteiger partial charge >= 0.3 is 0 Å². The lowest BCUT2D eigenvalue weighted by Gasteiger charge is -2.05. The van der Waals surface area contributed by atoms with Crippen molar-refractivity contribution in [1.82, 2.24) is 20.9 Å². The second kappa shape index (κ2) is 5.09. The van der Waals surface area contributed by atoms with Crippen LogP contribution in [-0.4, -0.2) is 29.7 Å². The van der Waals surface area contributed by atoms with Gasteiger partial charge < -0.3 is 9.84 Å². The summed E-state index contributed by atoms with van der Waals surface area (Å²) in [6, 6.07) is 0. The fourth-order valence-electron chi connectivity index (χ4n) is 0.790. The number of nitrogens with zero attached hydrogens (tertiary/aromatic N) is 3. The predicted molar refractivity (Wildman–Crippen MR) is 46.7 cm³/mol. The van der Waals surface area contributed by atoms with E-state index in [9.17, 15) is 0 Å². The van der Waals surface area contributed by atoms with Gasteiger partial charge in [-0.25, -0.2) is 5.84 Å². The van der Waals surface area contributed by atoms with E-state index in [4.69, 9.17) is 5.84 Å². The molecule has 0 aliphatic rings. The highest BCUT2D eigenvalue weighted by Crippen LogP contribution is 1.87. The van der Waals surface area contributed by atoms with Crippen LogP contribution in [0.2, 0.25) is 0 Å². The van der Waals surface area contributed by atoms with Crippen molar-refractivity contribution < 1.29 is 4.52 Å². The number of rotatable bonds is 3. The Morgan fingerprint density at radius 3 is 3.15 bits per heavy atom. The van der Waals surface area contributed by atoms with Gasteiger partial charge in [0.25, 0.3) is 0 Å². The van der Waals surface area contributed by atoms with Crippen LogP contribution < -0.4 is 16.6 Å². The highest BCUT2D eigenvalue weighted by molar-refractivity contribution is 5.78. The smallest absolute Gasteiger partial charge is 0.213 e. The molecule has 0 bridgehead atoms. The molecule has 0 fully saturated rings. The third-order valence-corrected chi connectivity index (χ3v) is 1.41. The van der Waals surface area contributed by atoms with Crippen LogP contribution in [0.3, 0.4) is 0 Å². The standard InChI is InChI=1S/C6H12N6O/c1-8-6(11-7)9-3-2-5-10-4-13-12-5/h4H,2-3,7H2,1H3,(H2,8,9,11). The Bertz CT molecular complexity index is 256. The molecule has 1 aromatic heterocycles. The number of guanidine groups is 1. The number of nitrogens with one attached hydrogen (secondary N) is 2. The van der Waals surface area contributed by atoms with Gasteiger partial charge in [-0.1, -0.05) is 5.16 Å². The van der Waals surface area contributed by atoms with E-state index >= 15 is 0 Å². The summed E-state index contributed by atoms with van der Waals surface area (Å²) in [6.45, 7) is 0.649. The van der Waals surface area contributed by atoms with Crippen molar-refractivity contribution >= 4 is 5.96 Å². The topological polar surface area (TPSA) is 101 Å². The summed E-state index contributed by atoms with van der Waals surface area (Å²) in [5.41, 5.74) is 2.41. The molecule has 4 N–H and O–H groups in total. The van der Waals surface area contributed by atoms with Crippen molar-refractivity contribution in [3.8, 4) is 0 Å². The maximum atomic E-state index is 5.15. The SMILES string of the molecule is CN=C(NN)NCCc1ncon1. The molecule has 0 saturated carbocycles. The predicted octanol–water partition coefficient (Wildman–Crippen LogP) is -1.35. The number of hydrazine groups is 1. The first kappa shape index (κ1) is 9.46. The monoisotopic (exact) mass is 184 g/mol. The van der Waals surface area contributed by atoms with E-state index in [0.29, 0.717) is 24.7 Å². The Balaban J connectivity index is 2.21. The van der Waals surface area contributed by atoms with Gasteiger partial charge in [0.1, 0.15) is 0 Å².